The van der Waals surface area contributed by atoms with Gasteiger partial charge in [0.25, 0.3) is 0 Å². The minimum absolute atomic E-state index is 0.0150. The zero-order chi connectivity index (χ0) is 28.7. The number of hydrogen-bond donors (Lipinski definition) is 2. The number of aryl methyl sites for hydroxylation is 2. The average Bonchev–Trinajstić information content (AvgIpc) is 2.97. The van der Waals surface area contributed by atoms with Gasteiger partial charge in [-0.15, -0.1) is 21.6 Å². The van der Waals surface area contributed by atoms with Crippen LogP contribution in [0.15, 0.2) is 104 Å². The molecule has 0 amide bonds. The van der Waals surface area contributed by atoms with Gasteiger partial charge in [0.15, 0.2) is 11.2 Å². The van der Waals surface area contributed by atoms with E-state index in [0.29, 0.717) is 38.8 Å². The number of nitrogens with two attached hydrogens (primary N) is 1. The highest BCUT2D eigenvalue weighted by atomic mass is 32.1. The third-order valence-corrected chi connectivity index (χ3v) is 7.99. The molecule has 198 valence electrons. The van der Waals surface area contributed by atoms with Gasteiger partial charge < -0.3 is 10.8 Å². The maximum absolute atomic E-state index is 12.9. The summed E-state index contributed by atoms with van der Waals surface area (Å²) in [4.78, 5) is 12.9. The third kappa shape index (κ3) is 4.67. The quantitative estimate of drug-likeness (QED) is 0.127. The van der Waals surface area contributed by atoms with Crippen LogP contribution in [0.25, 0.3) is 30.9 Å². The maximum atomic E-state index is 12.9. The molecule has 6 aromatic rings. The minimum Gasteiger partial charge on any atom is -0.505 e. The molecule has 0 unspecified atom stereocenters. The van der Waals surface area contributed by atoms with E-state index in [0.717, 1.165) is 25.9 Å². The molecule has 1 heterocycles. The number of nitrogens with zero attached hydrogens (tertiary/aromatic N) is 5. The Hall–Kier alpha value is -5.46. The fourth-order valence-electron chi connectivity index (χ4n) is 4.77. The Kier molecular flexibility index (Phi) is 6.46. The molecule has 8 nitrogen and oxygen atoms in total. The second kappa shape index (κ2) is 10.3. The Balaban J connectivity index is 1.40. The van der Waals surface area contributed by atoms with Crippen LogP contribution >= 0.6 is 11.3 Å². The molecule has 5 aromatic carbocycles. The smallest absolute Gasteiger partial charge is 0.195 e. The molecule has 3 N–H and O–H groups in total. The van der Waals surface area contributed by atoms with Crippen molar-refractivity contribution in [2.24, 2.45) is 20.5 Å². The lowest BCUT2D eigenvalue weighted by atomic mass is 9.99. The highest BCUT2D eigenvalue weighted by Crippen LogP contribution is 2.46. The summed E-state index contributed by atoms with van der Waals surface area (Å²) in [5.41, 5.74) is 10.7. The van der Waals surface area contributed by atoms with E-state index in [4.69, 9.17) is 11.0 Å². The first kappa shape index (κ1) is 25.8. The van der Waals surface area contributed by atoms with Crippen LogP contribution in [0.5, 0.6) is 5.75 Å². The van der Waals surface area contributed by atoms with E-state index < -0.39 is 0 Å². The number of phenols is 1. The molecule has 0 aliphatic rings. The molecule has 0 spiro atoms. The summed E-state index contributed by atoms with van der Waals surface area (Å²) in [5, 5.41) is 40.2. The van der Waals surface area contributed by atoms with Crippen LogP contribution in [-0.2, 0) is 0 Å². The number of fused-ring (bicyclic) bond motifs is 3. The lowest BCUT2D eigenvalue weighted by Crippen LogP contribution is -2.00. The topological polar surface area (TPSA) is 137 Å². The van der Waals surface area contributed by atoms with E-state index in [1.165, 1.54) is 11.3 Å². The number of benzene rings is 5. The van der Waals surface area contributed by atoms with E-state index in [1.807, 2.05) is 56.3 Å². The van der Waals surface area contributed by atoms with E-state index >= 15 is 0 Å². The van der Waals surface area contributed by atoms with Crippen LogP contribution in [0.1, 0.15) is 16.7 Å². The van der Waals surface area contributed by atoms with Crippen molar-refractivity contribution in [2.75, 3.05) is 5.73 Å². The monoisotopic (exact) mass is 554 g/mol. The number of nitriles is 1. The number of anilines is 1. The first-order valence-corrected chi connectivity index (χ1v) is 13.5. The van der Waals surface area contributed by atoms with Gasteiger partial charge in [-0.2, -0.15) is 15.5 Å². The summed E-state index contributed by atoms with van der Waals surface area (Å²) in [5.74, 6) is -0.104. The highest BCUT2D eigenvalue weighted by Gasteiger charge is 2.17. The van der Waals surface area contributed by atoms with Crippen molar-refractivity contribution in [3.8, 4) is 11.8 Å². The molecule has 0 aliphatic heterocycles. The number of azo groups is 2. The molecular weight excluding hydrogens is 532 g/mol. The second-order valence-electron chi connectivity index (χ2n) is 9.61. The van der Waals surface area contributed by atoms with Crippen LogP contribution in [0.3, 0.4) is 0 Å². The van der Waals surface area contributed by atoms with Crippen LogP contribution in [0.4, 0.5) is 28.4 Å². The van der Waals surface area contributed by atoms with Crippen molar-refractivity contribution in [3.05, 3.63) is 106 Å². The second-order valence-corrected chi connectivity index (χ2v) is 10.7. The zero-order valence-corrected chi connectivity index (χ0v) is 22.9. The summed E-state index contributed by atoms with van der Waals surface area (Å²) in [6, 6.07) is 25.4. The van der Waals surface area contributed by atoms with Gasteiger partial charge >= 0.3 is 0 Å². The Morgan fingerprint density at radius 1 is 0.780 bits per heavy atom. The molecule has 0 saturated carbocycles. The molecule has 9 heteroatoms. The molecule has 41 heavy (non-hydrogen) atoms. The zero-order valence-electron chi connectivity index (χ0n) is 22.1. The number of hydrogen-bond acceptors (Lipinski definition) is 9. The molecule has 0 aliphatic carbocycles. The van der Waals surface area contributed by atoms with Crippen molar-refractivity contribution in [3.63, 3.8) is 0 Å². The van der Waals surface area contributed by atoms with Crippen molar-refractivity contribution >= 4 is 70.7 Å². The summed E-state index contributed by atoms with van der Waals surface area (Å²) in [6.45, 7) is 3.72. The number of phenolic OH excluding ortho intramolecular Hbond substituents is 1. The normalized spacial score (nSPS) is 11.7. The highest BCUT2D eigenvalue weighted by molar-refractivity contribution is 7.24. The van der Waals surface area contributed by atoms with Crippen LogP contribution < -0.4 is 11.2 Å². The predicted molar refractivity (Wildman–Crippen MR) is 165 cm³/mol. The van der Waals surface area contributed by atoms with Crippen molar-refractivity contribution in [1.29, 1.82) is 5.26 Å². The summed E-state index contributed by atoms with van der Waals surface area (Å²) < 4.78 is 1.71. The number of nitrogen functional groups attached to an aromatic ring is 1. The van der Waals surface area contributed by atoms with Crippen LogP contribution in [-0.4, -0.2) is 5.11 Å². The SMILES string of the molecule is Cc1cc2cc(C)c(N=Nc3ccc4c(=O)c5ccccc5sc4c3)c(O)c2c(N)c1N=Nc1ccc(C#N)cc1. The van der Waals surface area contributed by atoms with E-state index in [-0.39, 0.29) is 22.6 Å². The van der Waals surface area contributed by atoms with Gasteiger partial charge in [-0.1, -0.05) is 12.1 Å². The molecule has 6 rings (SSSR count). The Labute approximate surface area is 238 Å². The van der Waals surface area contributed by atoms with Gasteiger partial charge in [0.2, 0.25) is 0 Å². The van der Waals surface area contributed by atoms with Gasteiger partial charge in [0.1, 0.15) is 11.4 Å². The van der Waals surface area contributed by atoms with Gasteiger partial charge in [-0.3, -0.25) is 4.79 Å². The Bertz CT molecular complexity index is 2180. The lowest BCUT2D eigenvalue weighted by Gasteiger charge is -2.13. The van der Waals surface area contributed by atoms with Gasteiger partial charge in [-0.25, -0.2) is 0 Å². The van der Waals surface area contributed by atoms with Crippen molar-refractivity contribution in [1.82, 2.24) is 0 Å². The number of rotatable bonds is 4. The first-order chi connectivity index (χ1) is 19.8. The van der Waals surface area contributed by atoms with E-state index in [2.05, 4.69) is 26.5 Å². The predicted octanol–water partition coefficient (Wildman–Crippen LogP) is 9.18. The summed E-state index contributed by atoms with van der Waals surface area (Å²) in [7, 11) is 0. The summed E-state index contributed by atoms with van der Waals surface area (Å²) in [6.07, 6.45) is 0. The Morgan fingerprint density at radius 2 is 1.41 bits per heavy atom. The number of aromatic hydroxyl groups is 1. The van der Waals surface area contributed by atoms with Gasteiger partial charge in [0.05, 0.1) is 34.1 Å². The van der Waals surface area contributed by atoms with Gasteiger partial charge in [-0.05, 0) is 97.1 Å². The maximum Gasteiger partial charge on any atom is 0.195 e. The molecule has 0 bridgehead atoms. The molecule has 0 fully saturated rings. The minimum atomic E-state index is -0.104. The van der Waals surface area contributed by atoms with Gasteiger partial charge in [0, 0.05) is 20.2 Å². The molecular formula is C32H22N6O2S. The van der Waals surface area contributed by atoms with E-state index in [9.17, 15) is 9.90 Å². The van der Waals surface area contributed by atoms with E-state index in [1.54, 1.807) is 36.4 Å². The first-order valence-electron chi connectivity index (χ1n) is 12.7. The van der Waals surface area contributed by atoms with Crippen molar-refractivity contribution < 1.29 is 5.11 Å². The molecule has 0 atom stereocenters. The molecule has 0 saturated heterocycles. The van der Waals surface area contributed by atoms with Crippen LogP contribution in [0.2, 0.25) is 0 Å². The fraction of sp³-hybridized carbons (Fsp3) is 0.0625. The fourth-order valence-corrected chi connectivity index (χ4v) is 5.88. The van der Waals surface area contributed by atoms with Crippen LogP contribution in [0, 0.1) is 25.2 Å². The average molecular weight is 555 g/mol. The summed E-state index contributed by atoms with van der Waals surface area (Å²) >= 11 is 1.52. The molecule has 1 aromatic heterocycles. The largest absolute Gasteiger partial charge is 0.505 e. The third-order valence-electron chi connectivity index (χ3n) is 6.85. The molecule has 0 radical (unpaired) electrons. The van der Waals surface area contributed by atoms with Crippen molar-refractivity contribution in [2.45, 2.75) is 13.8 Å². The lowest BCUT2D eigenvalue weighted by molar-refractivity contribution is 0.482. The Morgan fingerprint density at radius 3 is 2.17 bits per heavy atom. The standard InChI is InChI=1S/C32H22N6O2S/c1-17-13-20-14-18(2)30(32(40)27(20)28(34)29(17)37-35-21-9-7-19(16-33)8-10-21)38-36-22-11-12-24-26(15-22)41-25-6-4-3-5-23(25)31(24)39/h3-15,40H,34H2,1-2H3.